The van der Waals surface area contributed by atoms with Gasteiger partial charge in [0.2, 0.25) is 0 Å². The van der Waals surface area contributed by atoms with E-state index >= 15 is 0 Å². The molecule has 0 spiro atoms. The maximum atomic E-state index is 12.9. The Kier molecular flexibility index (Phi) is 6.28. The number of aromatic nitrogens is 2. The van der Waals surface area contributed by atoms with Crippen LogP contribution in [0, 0.1) is 5.41 Å². The second-order valence-electron chi connectivity index (χ2n) is 5.73. The van der Waals surface area contributed by atoms with Gasteiger partial charge in [-0.2, -0.15) is 0 Å². The van der Waals surface area contributed by atoms with Gasteiger partial charge in [0.25, 0.3) is 0 Å². The van der Waals surface area contributed by atoms with Crippen LogP contribution in [0.25, 0.3) is 6.08 Å². The van der Waals surface area contributed by atoms with Gasteiger partial charge >= 0.3 is 0 Å². The van der Waals surface area contributed by atoms with Gasteiger partial charge in [0.1, 0.15) is 15.9 Å². The minimum absolute atomic E-state index is 0.101. The molecule has 1 aromatic heterocycles. The topological polar surface area (TPSA) is 85.2 Å². The summed E-state index contributed by atoms with van der Waals surface area (Å²) >= 11 is 2.59. The predicted molar refractivity (Wildman–Crippen MR) is 109 cm³/mol. The van der Waals surface area contributed by atoms with Gasteiger partial charge in [-0.1, -0.05) is 24.8 Å². The highest BCUT2D eigenvalue weighted by Gasteiger charge is 2.39. The summed E-state index contributed by atoms with van der Waals surface area (Å²) in [6.45, 7) is 6.90. The van der Waals surface area contributed by atoms with Gasteiger partial charge in [0, 0.05) is 0 Å². The van der Waals surface area contributed by atoms with Crippen LogP contribution >= 0.6 is 23.1 Å². The molecule has 2 heterocycles. The first kappa shape index (κ1) is 19.6. The van der Waals surface area contributed by atoms with E-state index in [2.05, 4.69) is 10.2 Å². The number of carbonyl (C=O) groups excluding carboxylic acids is 1. The third-order valence-electron chi connectivity index (χ3n) is 3.88. The number of nitrogens with zero attached hydrogens (tertiary/aromatic N) is 2. The first-order chi connectivity index (χ1) is 13.1. The zero-order valence-electron chi connectivity index (χ0n) is 15.4. The molecule has 1 aromatic carbocycles. The fourth-order valence-electron chi connectivity index (χ4n) is 2.65. The Morgan fingerprint density at radius 2 is 1.89 bits per heavy atom. The van der Waals surface area contributed by atoms with Crippen LogP contribution in [0.3, 0.4) is 0 Å². The molecule has 142 valence electrons. The lowest BCUT2D eigenvalue weighted by Crippen LogP contribution is -2.11. The zero-order valence-corrected chi connectivity index (χ0v) is 17.1. The second kappa shape index (κ2) is 8.67. The smallest absolute Gasteiger partial charge is 0.186 e. The number of carbonyl (C=O) groups is 1. The molecule has 3 rings (SSSR count). The Hall–Kier alpha value is -2.19. The molecule has 8 heteroatoms. The average molecular weight is 404 g/mol. The predicted octanol–water partition coefficient (Wildman–Crippen LogP) is 4.32. The highest BCUT2D eigenvalue weighted by Crippen LogP contribution is 2.42. The van der Waals surface area contributed by atoms with Gasteiger partial charge < -0.3 is 9.47 Å². The van der Waals surface area contributed by atoms with Crippen LogP contribution in [-0.4, -0.2) is 34.2 Å². The van der Waals surface area contributed by atoms with Crippen molar-refractivity contribution in [3.8, 4) is 11.5 Å². The Bertz CT molecular complexity index is 892. The summed E-state index contributed by atoms with van der Waals surface area (Å²) in [5.41, 5.74) is 0.831. The molecule has 0 radical (unpaired) electrons. The molecule has 6 nitrogen and oxygen atoms in total. The number of ether oxygens (including phenoxy) is 2. The highest BCUT2D eigenvalue weighted by atomic mass is 32.2. The molecule has 27 heavy (non-hydrogen) atoms. The standard InChI is InChI=1S/C19H21N3O3S2/c1-4-15-21-22-19(27-15)16-17(23)14(26-18(16)20)10-11-7-8-12(24-5-2)13(9-11)25-6-3/h7-10,16,20H,4-6H2,1-3H3. The lowest BCUT2D eigenvalue weighted by Gasteiger charge is -2.11. The monoisotopic (exact) mass is 403 g/mol. The third-order valence-corrected chi connectivity index (χ3v) is 6.01. The van der Waals surface area contributed by atoms with Gasteiger partial charge in [-0.25, -0.2) is 0 Å². The van der Waals surface area contributed by atoms with E-state index in [4.69, 9.17) is 14.9 Å². The van der Waals surface area contributed by atoms with Gasteiger partial charge in [-0.05, 0) is 44.0 Å². The lowest BCUT2D eigenvalue weighted by molar-refractivity contribution is -0.114. The number of benzene rings is 1. The molecular formula is C19H21N3O3S2. The SMILES string of the molecule is CCOc1ccc(C=C2SC(=N)C(c3nnc(CC)s3)C2=O)cc1OCC. The van der Waals surface area contributed by atoms with Crippen molar-refractivity contribution in [2.75, 3.05) is 13.2 Å². The van der Waals surface area contributed by atoms with Crippen LogP contribution in [0.4, 0.5) is 0 Å². The Morgan fingerprint density at radius 1 is 1.15 bits per heavy atom. The lowest BCUT2D eigenvalue weighted by atomic mass is 10.1. The Morgan fingerprint density at radius 3 is 2.56 bits per heavy atom. The van der Waals surface area contributed by atoms with Gasteiger partial charge in [-0.15, -0.1) is 21.5 Å². The molecule has 1 aliphatic rings. The van der Waals surface area contributed by atoms with Crippen molar-refractivity contribution in [1.29, 1.82) is 5.41 Å². The summed E-state index contributed by atoms with van der Waals surface area (Å²) in [7, 11) is 0. The third kappa shape index (κ3) is 4.22. The minimum Gasteiger partial charge on any atom is -0.490 e. The fourth-order valence-corrected chi connectivity index (χ4v) is 4.60. The molecule has 1 unspecified atom stereocenters. The van der Waals surface area contributed by atoms with Crippen molar-refractivity contribution in [3.05, 3.63) is 38.7 Å². The van der Waals surface area contributed by atoms with Crippen molar-refractivity contribution < 1.29 is 14.3 Å². The maximum Gasteiger partial charge on any atom is 0.186 e. The van der Waals surface area contributed by atoms with E-state index < -0.39 is 5.92 Å². The van der Waals surface area contributed by atoms with Crippen molar-refractivity contribution in [2.24, 2.45) is 0 Å². The molecule has 1 N–H and O–H groups in total. The number of rotatable bonds is 7. The van der Waals surface area contributed by atoms with Gasteiger partial charge in [-0.3, -0.25) is 10.2 Å². The second-order valence-corrected chi connectivity index (χ2v) is 7.91. The molecule has 0 amide bonds. The molecule has 0 saturated carbocycles. The Labute approximate surface area is 166 Å². The number of aryl methyl sites for hydroxylation is 1. The molecule has 1 aliphatic heterocycles. The van der Waals surface area contributed by atoms with E-state index in [-0.39, 0.29) is 5.78 Å². The molecule has 1 fully saturated rings. The highest BCUT2D eigenvalue weighted by molar-refractivity contribution is 8.19. The fraction of sp³-hybridized carbons (Fsp3) is 0.368. The van der Waals surface area contributed by atoms with E-state index in [0.717, 1.165) is 17.0 Å². The number of hydrogen-bond donors (Lipinski definition) is 1. The molecule has 2 aromatic rings. The summed E-state index contributed by atoms with van der Waals surface area (Å²) in [4.78, 5) is 13.4. The number of ketones is 1. The van der Waals surface area contributed by atoms with E-state index in [1.807, 2.05) is 39.0 Å². The van der Waals surface area contributed by atoms with Crippen molar-refractivity contribution in [2.45, 2.75) is 33.1 Å². The molecule has 0 bridgehead atoms. The first-order valence-electron chi connectivity index (χ1n) is 8.81. The van der Waals surface area contributed by atoms with Crippen LogP contribution < -0.4 is 9.47 Å². The molecule has 0 aliphatic carbocycles. The molecule has 1 atom stereocenters. The first-order valence-corrected chi connectivity index (χ1v) is 10.4. The summed E-state index contributed by atoms with van der Waals surface area (Å²) < 4.78 is 11.2. The van der Waals surface area contributed by atoms with Crippen molar-refractivity contribution in [1.82, 2.24) is 10.2 Å². The number of Topliss-reactive ketones (excluding diaryl/α,β-unsaturated/α-hetero) is 1. The largest absolute Gasteiger partial charge is 0.490 e. The number of nitrogens with one attached hydrogen (secondary N) is 1. The number of thioether (sulfide) groups is 1. The maximum absolute atomic E-state index is 12.9. The van der Waals surface area contributed by atoms with Crippen molar-refractivity contribution in [3.63, 3.8) is 0 Å². The summed E-state index contributed by atoms with van der Waals surface area (Å²) in [5.74, 6) is 0.592. The molecular weight excluding hydrogens is 382 g/mol. The van der Waals surface area contributed by atoms with Crippen LogP contribution in [0.1, 0.15) is 42.3 Å². The van der Waals surface area contributed by atoms with Gasteiger partial charge in [0.05, 0.1) is 23.2 Å². The number of hydrogen-bond acceptors (Lipinski definition) is 8. The average Bonchev–Trinajstić information content (AvgIpc) is 3.22. The molecule has 1 saturated heterocycles. The Balaban J connectivity index is 1.88. The van der Waals surface area contributed by atoms with Crippen LogP contribution in [-0.2, 0) is 11.2 Å². The van der Waals surface area contributed by atoms with Gasteiger partial charge in [0.15, 0.2) is 17.3 Å². The van der Waals surface area contributed by atoms with E-state index in [9.17, 15) is 4.79 Å². The summed E-state index contributed by atoms with van der Waals surface area (Å²) in [6.07, 6.45) is 2.57. The van der Waals surface area contributed by atoms with Crippen LogP contribution in [0.2, 0.25) is 0 Å². The summed E-state index contributed by atoms with van der Waals surface area (Å²) in [5, 5.41) is 18.2. The normalized spacial score (nSPS) is 18.3. The van der Waals surface area contributed by atoms with Crippen LogP contribution in [0.5, 0.6) is 11.5 Å². The van der Waals surface area contributed by atoms with Crippen molar-refractivity contribution >= 4 is 40.0 Å². The van der Waals surface area contributed by atoms with Crippen LogP contribution in [0.15, 0.2) is 23.1 Å². The summed E-state index contributed by atoms with van der Waals surface area (Å²) in [6, 6.07) is 5.57. The number of allylic oxidation sites excluding steroid dienone is 1. The zero-order chi connectivity index (χ0) is 19.4. The minimum atomic E-state index is -0.631. The van der Waals surface area contributed by atoms with E-state index in [1.165, 1.54) is 23.1 Å². The quantitative estimate of drug-likeness (QED) is 0.693. The van der Waals surface area contributed by atoms with E-state index in [1.54, 1.807) is 6.08 Å². The van der Waals surface area contributed by atoms with E-state index in [0.29, 0.717) is 39.7 Å².